The van der Waals surface area contributed by atoms with Crippen LogP contribution in [0.15, 0.2) is 188 Å². The maximum atomic E-state index is 5.05. The van der Waals surface area contributed by atoms with E-state index in [0.717, 1.165) is 28.7 Å². The molecule has 3 nitrogen and oxygen atoms in total. The quantitative estimate of drug-likeness (QED) is 0.170. The van der Waals surface area contributed by atoms with Crippen molar-refractivity contribution in [2.75, 3.05) is 0 Å². The minimum atomic E-state index is -0.0778. The van der Waals surface area contributed by atoms with E-state index in [9.17, 15) is 0 Å². The van der Waals surface area contributed by atoms with Crippen LogP contribution < -0.4 is 0 Å². The normalized spacial score (nSPS) is 13.1. The first kappa shape index (κ1) is 34.1. The maximum Gasteiger partial charge on any atom is 0.164 e. The van der Waals surface area contributed by atoms with Crippen LogP contribution in [0.2, 0.25) is 0 Å². The molecule has 1 heterocycles. The molecule has 1 aromatic heterocycles. The summed E-state index contributed by atoms with van der Waals surface area (Å²) in [7, 11) is 0. The predicted molar refractivity (Wildman–Crippen MR) is 238 cm³/mol. The number of rotatable bonds is 6. The number of aromatic nitrogens is 3. The fourth-order valence-electron chi connectivity index (χ4n) is 9.27. The van der Waals surface area contributed by atoms with Gasteiger partial charge in [-0.3, -0.25) is 0 Å². The molecule has 0 atom stereocenters. The van der Waals surface area contributed by atoms with Crippen LogP contribution >= 0.6 is 0 Å². The molecule has 0 amide bonds. The number of fused-ring (bicyclic) bond motifs is 6. The summed E-state index contributed by atoms with van der Waals surface area (Å²) in [5, 5.41) is 0. The topological polar surface area (TPSA) is 38.7 Å². The monoisotopic (exact) mass is 741 g/mol. The van der Waals surface area contributed by atoms with Gasteiger partial charge < -0.3 is 0 Å². The molecule has 0 fully saturated rings. The molecule has 2 aliphatic carbocycles. The highest BCUT2D eigenvalue weighted by Gasteiger charge is 2.36. The third kappa shape index (κ3) is 5.62. The Labute approximate surface area is 339 Å². The predicted octanol–water partition coefficient (Wildman–Crippen LogP) is 13.8. The zero-order chi connectivity index (χ0) is 38.8. The van der Waals surface area contributed by atoms with Crippen LogP contribution in [-0.4, -0.2) is 15.0 Å². The van der Waals surface area contributed by atoms with Crippen molar-refractivity contribution in [3.05, 3.63) is 210 Å². The molecule has 58 heavy (non-hydrogen) atoms. The van der Waals surface area contributed by atoms with Gasteiger partial charge in [-0.05, 0) is 109 Å². The second-order valence-corrected chi connectivity index (χ2v) is 16.0. The standard InChI is InChI=1S/C55H39N3/c1-55(2)50-27-13-12-24-44(50)45-29-28-39(33-51(45)55)46-31-41(35-16-6-3-7-17-35)32-47-43-26-15-25-42(48(43)34-49(46)47)38-22-14-23-40(30-38)54-57-52(36-18-8-4-9-19-36)56-53(58-54)37-20-10-5-11-21-37/h3-33H,34H2,1-2H3. The lowest BCUT2D eigenvalue weighted by atomic mass is 9.81. The van der Waals surface area contributed by atoms with Crippen molar-refractivity contribution in [1.29, 1.82) is 0 Å². The van der Waals surface area contributed by atoms with Crippen molar-refractivity contribution in [3.63, 3.8) is 0 Å². The Bertz CT molecular complexity index is 2980. The van der Waals surface area contributed by atoms with Gasteiger partial charge in [0.1, 0.15) is 0 Å². The lowest BCUT2D eigenvalue weighted by Crippen LogP contribution is -2.14. The molecule has 2 aliphatic rings. The van der Waals surface area contributed by atoms with Crippen LogP contribution in [0.3, 0.4) is 0 Å². The summed E-state index contributed by atoms with van der Waals surface area (Å²) in [6.07, 6.45) is 0.845. The van der Waals surface area contributed by atoms with Crippen molar-refractivity contribution < 1.29 is 0 Å². The molecule has 0 radical (unpaired) electrons. The molecular formula is C55H39N3. The summed E-state index contributed by atoms with van der Waals surface area (Å²) >= 11 is 0. The molecule has 0 spiro atoms. The molecule has 0 saturated heterocycles. The van der Waals surface area contributed by atoms with E-state index < -0.39 is 0 Å². The lowest BCUT2D eigenvalue weighted by Gasteiger charge is -2.22. The van der Waals surface area contributed by atoms with Crippen molar-refractivity contribution in [3.8, 4) is 89.8 Å². The Morgan fingerprint density at radius 2 is 0.793 bits per heavy atom. The van der Waals surface area contributed by atoms with E-state index in [0.29, 0.717) is 17.5 Å². The first-order chi connectivity index (χ1) is 28.5. The van der Waals surface area contributed by atoms with Gasteiger partial charge in [0.05, 0.1) is 0 Å². The Kier molecular flexibility index (Phi) is 7.90. The summed E-state index contributed by atoms with van der Waals surface area (Å²) in [4.78, 5) is 15.0. The van der Waals surface area contributed by atoms with Crippen LogP contribution in [0, 0.1) is 0 Å². The number of nitrogens with zero attached hydrogens (tertiary/aromatic N) is 3. The molecule has 0 bridgehead atoms. The SMILES string of the molecule is CC1(C)c2ccccc2-c2ccc(-c3cc(-c4ccccc4)cc4c3Cc3c(-c5cccc(-c6nc(-c7ccccc7)nc(-c7ccccc7)n6)c5)cccc3-4)cc21. The average molecular weight is 742 g/mol. The Hall–Kier alpha value is -7.23. The first-order valence-electron chi connectivity index (χ1n) is 20.1. The van der Waals surface area contributed by atoms with E-state index in [2.05, 4.69) is 166 Å². The van der Waals surface area contributed by atoms with E-state index in [1.54, 1.807) is 0 Å². The molecule has 3 heteroatoms. The first-order valence-corrected chi connectivity index (χ1v) is 20.1. The Morgan fingerprint density at radius 3 is 1.50 bits per heavy atom. The zero-order valence-corrected chi connectivity index (χ0v) is 32.4. The molecule has 0 aliphatic heterocycles. The third-order valence-electron chi connectivity index (χ3n) is 12.2. The highest BCUT2D eigenvalue weighted by molar-refractivity contribution is 5.94. The molecule has 0 N–H and O–H groups in total. The second-order valence-electron chi connectivity index (χ2n) is 16.0. The summed E-state index contributed by atoms with van der Waals surface area (Å²) in [6, 6.07) is 67.5. The molecule has 11 rings (SSSR count). The van der Waals surface area contributed by atoms with Crippen LogP contribution in [-0.2, 0) is 11.8 Å². The number of hydrogen-bond donors (Lipinski definition) is 0. The highest BCUT2D eigenvalue weighted by atomic mass is 15.0. The number of hydrogen-bond acceptors (Lipinski definition) is 3. The minimum Gasteiger partial charge on any atom is -0.208 e. The van der Waals surface area contributed by atoms with Crippen molar-refractivity contribution in [1.82, 2.24) is 15.0 Å². The zero-order valence-electron chi connectivity index (χ0n) is 32.4. The number of benzene rings is 8. The van der Waals surface area contributed by atoms with Gasteiger partial charge in [0, 0.05) is 22.1 Å². The molecule has 274 valence electrons. The van der Waals surface area contributed by atoms with Gasteiger partial charge in [-0.2, -0.15) is 0 Å². The summed E-state index contributed by atoms with van der Waals surface area (Å²) in [5.74, 6) is 1.97. The largest absolute Gasteiger partial charge is 0.208 e. The second kappa shape index (κ2) is 13.5. The van der Waals surface area contributed by atoms with Gasteiger partial charge in [-0.25, -0.2) is 15.0 Å². The van der Waals surface area contributed by atoms with Crippen LogP contribution in [0.25, 0.3) is 89.8 Å². The minimum absolute atomic E-state index is 0.0778. The van der Waals surface area contributed by atoms with Crippen LogP contribution in [0.1, 0.15) is 36.1 Å². The summed E-state index contributed by atoms with van der Waals surface area (Å²) < 4.78 is 0. The molecule has 8 aromatic carbocycles. The van der Waals surface area contributed by atoms with Crippen LogP contribution in [0.5, 0.6) is 0 Å². The molecule has 0 unspecified atom stereocenters. The van der Waals surface area contributed by atoms with Gasteiger partial charge >= 0.3 is 0 Å². The van der Waals surface area contributed by atoms with Crippen LogP contribution in [0.4, 0.5) is 0 Å². The van der Waals surface area contributed by atoms with E-state index in [1.807, 2.05) is 36.4 Å². The summed E-state index contributed by atoms with van der Waals surface area (Å²) in [6.45, 7) is 4.73. The van der Waals surface area contributed by atoms with Crippen molar-refractivity contribution in [2.24, 2.45) is 0 Å². The van der Waals surface area contributed by atoms with Gasteiger partial charge in [0.15, 0.2) is 17.5 Å². The van der Waals surface area contributed by atoms with E-state index in [-0.39, 0.29) is 5.41 Å². The fraction of sp³-hybridized carbons (Fsp3) is 0.0727. The van der Waals surface area contributed by atoms with Gasteiger partial charge in [0.2, 0.25) is 0 Å². The van der Waals surface area contributed by atoms with Crippen molar-refractivity contribution >= 4 is 0 Å². The van der Waals surface area contributed by atoms with E-state index in [4.69, 9.17) is 15.0 Å². The fourth-order valence-corrected chi connectivity index (χ4v) is 9.27. The molecular weight excluding hydrogens is 703 g/mol. The summed E-state index contributed by atoms with van der Waals surface area (Å²) in [5.41, 5.74) is 21.0. The Balaban J connectivity index is 1.04. The smallest absolute Gasteiger partial charge is 0.164 e. The van der Waals surface area contributed by atoms with E-state index in [1.165, 1.54) is 72.3 Å². The van der Waals surface area contributed by atoms with E-state index >= 15 is 0 Å². The lowest BCUT2D eigenvalue weighted by molar-refractivity contribution is 0.660. The van der Waals surface area contributed by atoms with Gasteiger partial charge in [-0.15, -0.1) is 0 Å². The highest BCUT2D eigenvalue weighted by Crippen LogP contribution is 2.52. The third-order valence-corrected chi connectivity index (χ3v) is 12.2. The van der Waals surface area contributed by atoms with Crippen molar-refractivity contribution in [2.45, 2.75) is 25.7 Å². The average Bonchev–Trinajstić information content (AvgIpc) is 3.78. The maximum absolute atomic E-state index is 5.05. The van der Waals surface area contributed by atoms with Gasteiger partial charge in [-0.1, -0.05) is 178 Å². The molecule has 9 aromatic rings. The van der Waals surface area contributed by atoms with Gasteiger partial charge in [0.25, 0.3) is 0 Å². The molecule has 0 saturated carbocycles. The Morgan fingerprint density at radius 1 is 0.310 bits per heavy atom.